The average molecular weight is 464 g/mol. The first kappa shape index (κ1) is 23.8. The van der Waals surface area contributed by atoms with Gasteiger partial charge in [0.25, 0.3) is 0 Å². The molecule has 0 spiro atoms. The van der Waals surface area contributed by atoms with E-state index in [4.69, 9.17) is 18.0 Å². The molecule has 0 aromatic rings. The van der Waals surface area contributed by atoms with Crippen LogP contribution in [0.15, 0.2) is 0 Å². The summed E-state index contributed by atoms with van der Waals surface area (Å²) in [5.74, 6) is -13.5. The minimum absolute atomic E-state index is 0.125. The van der Waals surface area contributed by atoms with Crippen molar-refractivity contribution in [3.05, 3.63) is 0 Å². The molecule has 2 aliphatic carbocycles. The van der Waals surface area contributed by atoms with E-state index >= 15 is 0 Å². The first-order valence-electron chi connectivity index (χ1n) is 9.48. The number of halogens is 5. The van der Waals surface area contributed by atoms with Crippen LogP contribution in [0.5, 0.6) is 0 Å². The van der Waals surface area contributed by atoms with Crippen molar-refractivity contribution in [3.8, 4) is 0 Å². The predicted octanol–water partition coefficient (Wildman–Crippen LogP) is 2.70. The first-order valence-corrected chi connectivity index (χ1v) is 11.3. The summed E-state index contributed by atoms with van der Waals surface area (Å²) >= 11 is 0. The van der Waals surface area contributed by atoms with Crippen LogP contribution in [0, 0.1) is 23.7 Å². The van der Waals surface area contributed by atoms with Crippen LogP contribution in [-0.4, -0.2) is 65.4 Å². The van der Waals surface area contributed by atoms with Crippen molar-refractivity contribution in [2.24, 2.45) is 23.7 Å². The van der Waals surface area contributed by atoms with Crippen molar-refractivity contribution in [1.29, 1.82) is 0 Å². The van der Waals surface area contributed by atoms with Crippen molar-refractivity contribution in [2.45, 2.75) is 55.9 Å². The highest BCUT2D eigenvalue weighted by atomic mass is 28.4. The molecule has 1 aliphatic heterocycles. The quantitative estimate of drug-likeness (QED) is 0.368. The van der Waals surface area contributed by atoms with Gasteiger partial charge in [0, 0.05) is 26.9 Å². The molecule has 13 heteroatoms. The molecular formula is C17H25F5O7Si. The first-order chi connectivity index (χ1) is 13.8. The van der Waals surface area contributed by atoms with Gasteiger partial charge >= 0.3 is 32.7 Å². The van der Waals surface area contributed by atoms with Crippen LogP contribution >= 0.6 is 0 Å². The van der Waals surface area contributed by atoms with Crippen LogP contribution in [0.25, 0.3) is 0 Å². The summed E-state index contributed by atoms with van der Waals surface area (Å²) in [4.78, 5) is 12.7. The summed E-state index contributed by atoms with van der Waals surface area (Å²) in [6.07, 6.45) is -6.28. The number of hydrogen-bond donors (Lipinski definition) is 1. The van der Waals surface area contributed by atoms with Crippen LogP contribution in [-0.2, 0) is 27.5 Å². The second-order valence-electron chi connectivity index (χ2n) is 8.14. The Balaban J connectivity index is 1.76. The molecular weight excluding hydrogens is 439 g/mol. The molecule has 0 amide bonds. The minimum atomic E-state index is -5.77. The number of fused-ring (bicyclic) bond motifs is 2. The van der Waals surface area contributed by atoms with Gasteiger partial charge in [-0.1, -0.05) is 6.92 Å². The summed E-state index contributed by atoms with van der Waals surface area (Å²) in [6.45, 7) is 0.726. The van der Waals surface area contributed by atoms with Crippen LogP contribution in [0.3, 0.4) is 0 Å². The molecule has 174 valence electrons. The second-order valence-corrected chi connectivity index (χ2v) is 11.3. The second kappa shape index (κ2) is 7.62. The molecule has 0 aromatic heterocycles. The summed E-state index contributed by atoms with van der Waals surface area (Å²) < 4.78 is 92.9. The molecule has 2 saturated carbocycles. The molecule has 1 heterocycles. The summed E-state index contributed by atoms with van der Waals surface area (Å²) in [5, 5.41) is 9.49. The Hall–Kier alpha value is -0.863. The monoisotopic (exact) mass is 464 g/mol. The molecule has 0 radical (unpaired) electrons. The van der Waals surface area contributed by atoms with E-state index in [2.05, 4.69) is 4.74 Å². The largest absolute Gasteiger partial charge is 0.503 e. The molecule has 1 N–H and O–H groups in total. The third kappa shape index (κ3) is 3.28. The van der Waals surface area contributed by atoms with Gasteiger partial charge in [-0.2, -0.15) is 22.0 Å². The van der Waals surface area contributed by atoms with Crippen molar-refractivity contribution in [3.63, 3.8) is 0 Å². The lowest BCUT2D eigenvalue weighted by molar-refractivity contribution is -0.415. The van der Waals surface area contributed by atoms with Crippen LogP contribution in [0.2, 0.25) is 5.54 Å². The predicted molar refractivity (Wildman–Crippen MR) is 90.9 cm³/mol. The number of rotatable bonds is 6. The minimum Gasteiger partial charge on any atom is -0.435 e. The zero-order chi connectivity index (χ0) is 22.7. The van der Waals surface area contributed by atoms with Gasteiger partial charge in [-0.15, -0.1) is 0 Å². The Morgan fingerprint density at radius 3 is 2.10 bits per heavy atom. The van der Waals surface area contributed by atoms with Crippen molar-refractivity contribution < 1.29 is 54.6 Å². The highest BCUT2D eigenvalue weighted by Gasteiger charge is 2.79. The van der Waals surface area contributed by atoms with Crippen molar-refractivity contribution >= 4 is 14.8 Å². The van der Waals surface area contributed by atoms with Gasteiger partial charge in [-0.25, -0.2) is 0 Å². The smallest absolute Gasteiger partial charge is 0.435 e. The fraction of sp³-hybridized carbons (Fsp3) is 0.941. The highest BCUT2D eigenvalue weighted by Crippen LogP contribution is 2.59. The van der Waals surface area contributed by atoms with Crippen LogP contribution in [0.4, 0.5) is 22.0 Å². The standard InChI is InChI=1S/C17H25F5O7Si/c1-8-14(29-16(24,15(8,18)19)17(20,21)22)28-13(23)11-6-9-5-10(11)12(7-9)30(25-2,26-3)27-4/h8-12,14,24H,5-7H2,1-4H3. The SMILES string of the molecule is CO[Si](OC)(OC)C1CC2CC(C(=O)OC3OC(O)(C(F)(F)F)C(F)(F)C3C)C1C2. The molecule has 3 rings (SSSR count). The molecule has 2 bridgehead atoms. The molecule has 7 atom stereocenters. The number of hydrogen-bond acceptors (Lipinski definition) is 7. The zero-order valence-electron chi connectivity index (χ0n) is 16.9. The number of aliphatic hydroxyl groups is 1. The molecule has 7 nitrogen and oxygen atoms in total. The van der Waals surface area contributed by atoms with E-state index in [-0.39, 0.29) is 17.4 Å². The topological polar surface area (TPSA) is 83.5 Å². The molecule has 30 heavy (non-hydrogen) atoms. The summed E-state index contributed by atoms with van der Waals surface area (Å²) in [7, 11) is 1.21. The molecule has 7 unspecified atom stereocenters. The Morgan fingerprint density at radius 2 is 1.67 bits per heavy atom. The molecule has 0 aromatic carbocycles. The van der Waals surface area contributed by atoms with Gasteiger partial charge in [-0.3, -0.25) is 9.53 Å². The number of esters is 1. The van der Waals surface area contributed by atoms with Crippen LogP contribution < -0.4 is 0 Å². The zero-order valence-corrected chi connectivity index (χ0v) is 17.9. The van der Waals surface area contributed by atoms with Crippen molar-refractivity contribution in [2.75, 3.05) is 21.3 Å². The van der Waals surface area contributed by atoms with Gasteiger partial charge < -0.3 is 23.1 Å². The van der Waals surface area contributed by atoms with E-state index < -0.39 is 50.8 Å². The normalized spacial score (nSPS) is 40.7. The maximum Gasteiger partial charge on any atom is 0.503 e. The lowest BCUT2D eigenvalue weighted by Crippen LogP contribution is -2.57. The maximum absolute atomic E-state index is 14.1. The van der Waals surface area contributed by atoms with E-state index in [1.807, 2.05) is 0 Å². The van der Waals surface area contributed by atoms with Crippen LogP contribution in [0.1, 0.15) is 26.2 Å². The van der Waals surface area contributed by atoms with E-state index in [0.717, 1.165) is 6.92 Å². The number of carbonyl (C=O) groups excluding carboxylic acids is 1. The van der Waals surface area contributed by atoms with Gasteiger partial charge in [0.2, 0.25) is 6.29 Å². The number of ether oxygens (including phenoxy) is 2. The third-order valence-electron chi connectivity index (χ3n) is 6.76. The fourth-order valence-corrected chi connectivity index (χ4v) is 8.07. The fourth-order valence-electron chi connectivity index (χ4n) is 5.14. The Labute approximate surface area is 171 Å². The molecule has 1 saturated heterocycles. The van der Waals surface area contributed by atoms with Gasteiger partial charge in [0.05, 0.1) is 11.8 Å². The van der Waals surface area contributed by atoms with E-state index in [9.17, 15) is 31.9 Å². The van der Waals surface area contributed by atoms with Gasteiger partial charge in [0.1, 0.15) is 0 Å². The van der Waals surface area contributed by atoms with Gasteiger partial charge in [-0.05, 0) is 31.1 Å². The molecule has 3 fully saturated rings. The Bertz CT molecular complexity index is 665. The lowest BCUT2D eigenvalue weighted by atomic mass is 9.88. The highest BCUT2D eigenvalue weighted by molar-refractivity contribution is 6.62. The summed E-state index contributed by atoms with van der Waals surface area (Å²) in [5.41, 5.74) is -0.232. The Kier molecular flexibility index (Phi) is 6.05. The van der Waals surface area contributed by atoms with E-state index in [0.29, 0.717) is 19.3 Å². The molecule has 3 aliphatic rings. The summed E-state index contributed by atoms with van der Waals surface area (Å²) in [6, 6.07) is 0. The Morgan fingerprint density at radius 1 is 1.10 bits per heavy atom. The lowest BCUT2D eigenvalue weighted by Gasteiger charge is -2.37. The average Bonchev–Trinajstić information content (AvgIpc) is 3.32. The van der Waals surface area contributed by atoms with E-state index in [1.165, 1.54) is 21.3 Å². The third-order valence-corrected chi connectivity index (χ3v) is 10.0. The van der Waals surface area contributed by atoms with Gasteiger partial charge in [0.15, 0.2) is 0 Å². The van der Waals surface area contributed by atoms with E-state index in [1.54, 1.807) is 0 Å². The number of carbonyl (C=O) groups is 1. The van der Waals surface area contributed by atoms with Crippen molar-refractivity contribution in [1.82, 2.24) is 0 Å². The maximum atomic E-state index is 14.1. The number of alkyl halides is 5.